The van der Waals surface area contributed by atoms with Crippen molar-refractivity contribution in [3.8, 4) is 0 Å². The lowest BCUT2D eigenvalue weighted by Crippen LogP contribution is -2.30. The summed E-state index contributed by atoms with van der Waals surface area (Å²) in [6.07, 6.45) is 3.62. The lowest BCUT2D eigenvalue weighted by atomic mass is 10.3. The summed E-state index contributed by atoms with van der Waals surface area (Å²) in [5, 5.41) is 5.51. The molecule has 2 N–H and O–H groups in total. The maximum atomic E-state index is 11.9. The summed E-state index contributed by atoms with van der Waals surface area (Å²) >= 11 is 8.01. The third kappa shape index (κ3) is 5.19. The predicted octanol–water partition coefficient (Wildman–Crippen LogP) is 3.10. The molecule has 22 heavy (non-hydrogen) atoms. The van der Waals surface area contributed by atoms with Crippen molar-refractivity contribution in [2.45, 2.75) is 13.0 Å². The molecule has 0 saturated heterocycles. The van der Waals surface area contributed by atoms with Gasteiger partial charge in [0.2, 0.25) is 5.91 Å². The summed E-state index contributed by atoms with van der Waals surface area (Å²) in [5.41, 5.74) is 0.938. The average Bonchev–Trinajstić information content (AvgIpc) is 2.86. The Morgan fingerprint density at radius 1 is 1.27 bits per heavy atom. The Balaban J connectivity index is 1.69. The van der Waals surface area contributed by atoms with Gasteiger partial charge >= 0.3 is 0 Å². The summed E-state index contributed by atoms with van der Waals surface area (Å²) in [4.78, 5) is 28.2. The molecule has 8 heteroatoms. The van der Waals surface area contributed by atoms with Crippen LogP contribution in [0.15, 0.2) is 38.9 Å². The summed E-state index contributed by atoms with van der Waals surface area (Å²) in [7, 11) is 0. The number of hydrogen-bond donors (Lipinski definition) is 2. The fraction of sp³-hybridized carbons (Fsp3) is 0.214. The van der Waals surface area contributed by atoms with E-state index >= 15 is 0 Å². The minimum Gasteiger partial charge on any atom is -0.352 e. The quantitative estimate of drug-likeness (QED) is 0.716. The summed E-state index contributed by atoms with van der Waals surface area (Å²) in [6, 6.07) is 5.45. The van der Waals surface area contributed by atoms with Crippen LogP contribution in [0.1, 0.15) is 21.7 Å². The van der Waals surface area contributed by atoms with Gasteiger partial charge in [-0.2, -0.15) is 0 Å². The summed E-state index contributed by atoms with van der Waals surface area (Å²) < 4.78 is 1.71. The van der Waals surface area contributed by atoms with E-state index in [0.29, 0.717) is 18.0 Å². The maximum Gasteiger partial charge on any atom is 0.261 e. The van der Waals surface area contributed by atoms with Crippen molar-refractivity contribution < 1.29 is 9.59 Å². The number of thiophene rings is 1. The Morgan fingerprint density at radius 2 is 2.09 bits per heavy atom. The number of carbonyl (C=O) groups is 2. The fourth-order valence-electron chi connectivity index (χ4n) is 1.63. The number of amides is 2. The molecule has 2 heterocycles. The van der Waals surface area contributed by atoms with E-state index < -0.39 is 0 Å². The first-order valence-electron chi connectivity index (χ1n) is 6.45. The van der Waals surface area contributed by atoms with Crippen molar-refractivity contribution in [2.75, 3.05) is 6.54 Å². The van der Waals surface area contributed by atoms with Crippen LogP contribution < -0.4 is 10.6 Å². The van der Waals surface area contributed by atoms with Crippen molar-refractivity contribution in [3.05, 3.63) is 49.3 Å². The van der Waals surface area contributed by atoms with Gasteiger partial charge in [-0.3, -0.25) is 14.6 Å². The largest absolute Gasteiger partial charge is 0.352 e. The van der Waals surface area contributed by atoms with Crippen molar-refractivity contribution >= 4 is 55.0 Å². The van der Waals surface area contributed by atoms with Gasteiger partial charge in [0.1, 0.15) is 0 Å². The van der Waals surface area contributed by atoms with Gasteiger partial charge in [-0.1, -0.05) is 6.07 Å². The molecule has 5 nitrogen and oxygen atoms in total. The van der Waals surface area contributed by atoms with E-state index in [1.807, 2.05) is 12.1 Å². The van der Waals surface area contributed by atoms with Gasteiger partial charge in [-0.05, 0) is 49.6 Å². The zero-order chi connectivity index (χ0) is 15.9. The molecule has 0 aliphatic carbocycles. The van der Waals surface area contributed by atoms with Crippen LogP contribution in [0.25, 0.3) is 0 Å². The smallest absolute Gasteiger partial charge is 0.261 e. The second kappa shape index (κ2) is 8.40. The Kier molecular flexibility index (Phi) is 6.53. The van der Waals surface area contributed by atoms with Crippen LogP contribution in [-0.4, -0.2) is 23.3 Å². The van der Waals surface area contributed by atoms with Crippen LogP contribution in [-0.2, 0) is 11.3 Å². The molecule has 0 radical (unpaired) electrons. The first kappa shape index (κ1) is 17.1. The normalized spacial score (nSPS) is 10.3. The van der Waals surface area contributed by atoms with E-state index in [2.05, 4.69) is 47.5 Å². The molecule has 0 spiro atoms. The Morgan fingerprint density at radius 3 is 2.73 bits per heavy atom. The van der Waals surface area contributed by atoms with Crippen molar-refractivity contribution in [3.63, 3.8) is 0 Å². The minimum atomic E-state index is -0.184. The molecule has 0 aliphatic heterocycles. The van der Waals surface area contributed by atoms with E-state index in [1.54, 1.807) is 18.5 Å². The van der Waals surface area contributed by atoms with Gasteiger partial charge in [0.25, 0.3) is 5.91 Å². The SMILES string of the molecule is O=C(CCNC(=O)c1cc(Br)c(Br)s1)NCc1cccnc1. The molecule has 0 aliphatic rings. The van der Waals surface area contributed by atoms with Crippen LogP contribution in [0.4, 0.5) is 0 Å². The van der Waals surface area contributed by atoms with Gasteiger partial charge in [0, 0.05) is 36.4 Å². The molecule has 0 atom stereocenters. The van der Waals surface area contributed by atoms with Crippen molar-refractivity contribution in [2.24, 2.45) is 0 Å². The monoisotopic (exact) mass is 445 g/mol. The number of nitrogens with one attached hydrogen (secondary N) is 2. The molecule has 0 aromatic carbocycles. The second-order valence-electron chi connectivity index (χ2n) is 4.38. The molecule has 0 unspecified atom stereocenters. The van der Waals surface area contributed by atoms with Gasteiger partial charge in [0.05, 0.1) is 8.66 Å². The van der Waals surface area contributed by atoms with E-state index in [4.69, 9.17) is 0 Å². The third-order valence-electron chi connectivity index (χ3n) is 2.72. The highest BCUT2D eigenvalue weighted by Crippen LogP contribution is 2.32. The fourth-order valence-corrected chi connectivity index (χ4v) is 3.58. The minimum absolute atomic E-state index is 0.113. The molecule has 0 bridgehead atoms. The molecule has 2 rings (SSSR count). The number of pyridine rings is 1. The number of carbonyl (C=O) groups excluding carboxylic acids is 2. The highest BCUT2D eigenvalue weighted by Gasteiger charge is 2.12. The van der Waals surface area contributed by atoms with Crippen LogP contribution >= 0.6 is 43.2 Å². The molecular weight excluding hydrogens is 434 g/mol. The van der Waals surface area contributed by atoms with Crippen LogP contribution in [0.5, 0.6) is 0 Å². The van der Waals surface area contributed by atoms with E-state index in [0.717, 1.165) is 13.8 Å². The molecule has 116 valence electrons. The molecule has 0 saturated carbocycles. The number of halogens is 2. The Bertz CT molecular complexity index is 642. The first-order chi connectivity index (χ1) is 10.6. The average molecular weight is 447 g/mol. The Hall–Kier alpha value is -1.25. The zero-order valence-electron chi connectivity index (χ0n) is 11.4. The third-order valence-corrected chi connectivity index (χ3v) is 5.97. The summed E-state index contributed by atoms with van der Waals surface area (Å²) in [6.45, 7) is 0.732. The lowest BCUT2D eigenvalue weighted by molar-refractivity contribution is -0.121. The number of rotatable bonds is 6. The lowest BCUT2D eigenvalue weighted by Gasteiger charge is -2.06. The van der Waals surface area contributed by atoms with Crippen LogP contribution in [0, 0.1) is 0 Å². The second-order valence-corrected chi connectivity index (χ2v) is 7.60. The van der Waals surface area contributed by atoms with Crippen molar-refractivity contribution in [1.29, 1.82) is 0 Å². The number of nitrogens with zero attached hydrogens (tertiary/aromatic N) is 1. The van der Waals surface area contributed by atoms with Gasteiger partial charge in [-0.15, -0.1) is 11.3 Å². The van der Waals surface area contributed by atoms with Gasteiger partial charge in [0.15, 0.2) is 0 Å². The van der Waals surface area contributed by atoms with Crippen LogP contribution in [0.3, 0.4) is 0 Å². The van der Waals surface area contributed by atoms with Crippen LogP contribution in [0.2, 0.25) is 0 Å². The summed E-state index contributed by atoms with van der Waals surface area (Å²) in [5.74, 6) is -0.297. The van der Waals surface area contributed by atoms with Gasteiger partial charge in [-0.25, -0.2) is 0 Å². The zero-order valence-corrected chi connectivity index (χ0v) is 15.4. The standard InChI is InChI=1S/C14H13Br2N3O2S/c15-10-6-11(22-13(10)16)14(21)18-5-3-12(20)19-8-9-2-1-4-17-7-9/h1-2,4,6-7H,3,5,8H2,(H,18,21)(H,19,20). The molecule has 2 amide bonds. The highest BCUT2D eigenvalue weighted by molar-refractivity contribution is 9.13. The number of aromatic nitrogens is 1. The molecular formula is C14H13Br2N3O2S. The highest BCUT2D eigenvalue weighted by atomic mass is 79.9. The predicted molar refractivity (Wildman–Crippen MR) is 92.8 cm³/mol. The Labute approximate surface area is 148 Å². The topological polar surface area (TPSA) is 71.1 Å². The van der Waals surface area contributed by atoms with E-state index in [9.17, 15) is 9.59 Å². The van der Waals surface area contributed by atoms with Crippen molar-refractivity contribution in [1.82, 2.24) is 15.6 Å². The van der Waals surface area contributed by atoms with Gasteiger partial charge < -0.3 is 10.6 Å². The van der Waals surface area contributed by atoms with E-state index in [-0.39, 0.29) is 18.2 Å². The molecule has 2 aromatic rings. The first-order valence-corrected chi connectivity index (χ1v) is 8.85. The molecule has 2 aromatic heterocycles. The number of hydrogen-bond acceptors (Lipinski definition) is 4. The maximum absolute atomic E-state index is 11.9. The molecule has 0 fully saturated rings. The van der Waals surface area contributed by atoms with E-state index in [1.165, 1.54) is 11.3 Å².